The predicted octanol–water partition coefficient (Wildman–Crippen LogP) is 4.65. The lowest BCUT2D eigenvalue weighted by Crippen LogP contribution is -2.45. The SMILES string of the molecule is CCCCCCCn1nc(C(=O)NN2CCCCC2)cc1-c1ccccc1. The molecule has 3 rings (SSSR count). The second kappa shape index (κ2) is 10.3. The van der Waals surface area contributed by atoms with Crippen LogP contribution in [0.2, 0.25) is 0 Å². The van der Waals surface area contributed by atoms with E-state index in [1.54, 1.807) is 0 Å². The molecule has 2 aromatic rings. The minimum Gasteiger partial charge on any atom is -0.283 e. The third-order valence-electron chi connectivity index (χ3n) is 5.17. The lowest BCUT2D eigenvalue weighted by atomic mass is 10.1. The van der Waals surface area contributed by atoms with E-state index in [1.165, 1.54) is 32.1 Å². The molecular formula is C22H32N4O. The van der Waals surface area contributed by atoms with E-state index in [0.717, 1.165) is 50.2 Å². The number of nitrogens with zero attached hydrogens (tertiary/aromatic N) is 3. The van der Waals surface area contributed by atoms with E-state index in [9.17, 15) is 4.79 Å². The number of nitrogens with one attached hydrogen (secondary N) is 1. The fraction of sp³-hybridized carbons (Fsp3) is 0.545. The van der Waals surface area contributed by atoms with Crippen molar-refractivity contribution in [3.63, 3.8) is 0 Å². The maximum atomic E-state index is 12.7. The largest absolute Gasteiger partial charge is 0.286 e. The van der Waals surface area contributed by atoms with Crippen LogP contribution in [0, 0.1) is 0 Å². The van der Waals surface area contributed by atoms with Crippen LogP contribution >= 0.6 is 0 Å². The zero-order chi connectivity index (χ0) is 18.9. The molecule has 146 valence electrons. The fourth-order valence-corrected chi connectivity index (χ4v) is 3.61. The molecule has 0 atom stereocenters. The summed E-state index contributed by atoms with van der Waals surface area (Å²) in [5, 5.41) is 6.67. The molecular weight excluding hydrogens is 336 g/mol. The minimum atomic E-state index is -0.0983. The van der Waals surface area contributed by atoms with Gasteiger partial charge in [0.1, 0.15) is 0 Å². The highest BCUT2D eigenvalue weighted by molar-refractivity contribution is 5.93. The van der Waals surface area contributed by atoms with Crippen LogP contribution in [0.3, 0.4) is 0 Å². The number of aryl methyl sites for hydroxylation is 1. The zero-order valence-corrected chi connectivity index (χ0v) is 16.5. The van der Waals surface area contributed by atoms with Crippen molar-refractivity contribution in [2.75, 3.05) is 13.1 Å². The van der Waals surface area contributed by atoms with Gasteiger partial charge < -0.3 is 0 Å². The van der Waals surface area contributed by atoms with Crippen molar-refractivity contribution in [1.82, 2.24) is 20.2 Å². The standard InChI is InChI=1S/C22H32N4O/c1-2-3-4-5-12-17-26-21(19-13-8-6-9-14-19)18-20(23-26)22(27)24-25-15-10-7-11-16-25/h6,8-9,13-14,18H,2-5,7,10-12,15-17H2,1H3,(H,24,27). The number of hydrogen-bond acceptors (Lipinski definition) is 3. The van der Waals surface area contributed by atoms with Gasteiger partial charge in [0.15, 0.2) is 5.69 Å². The van der Waals surface area contributed by atoms with Crippen molar-refractivity contribution in [3.05, 3.63) is 42.1 Å². The van der Waals surface area contributed by atoms with Gasteiger partial charge in [-0.15, -0.1) is 0 Å². The Hall–Kier alpha value is -2.14. The smallest absolute Gasteiger partial charge is 0.283 e. The summed E-state index contributed by atoms with van der Waals surface area (Å²) in [5.74, 6) is -0.0983. The molecule has 5 nitrogen and oxygen atoms in total. The van der Waals surface area contributed by atoms with Crippen LogP contribution in [0.1, 0.15) is 68.8 Å². The molecule has 1 aliphatic rings. The average molecular weight is 369 g/mol. The molecule has 1 saturated heterocycles. The van der Waals surface area contributed by atoms with Gasteiger partial charge in [-0.2, -0.15) is 5.10 Å². The first kappa shape index (κ1) is 19.6. The highest BCUT2D eigenvalue weighted by Gasteiger charge is 2.18. The van der Waals surface area contributed by atoms with Crippen molar-refractivity contribution in [2.45, 2.75) is 64.8 Å². The van der Waals surface area contributed by atoms with E-state index in [2.05, 4.69) is 29.6 Å². The number of hydrazine groups is 1. The maximum absolute atomic E-state index is 12.7. The number of carbonyl (C=O) groups is 1. The summed E-state index contributed by atoms with van der Waals surface area (Å²) in [5.41, 5.74) is 5.67. The number of amides is 1. The summed E-state index contributed by atoms with van der Waals surface area (Å²) in [7, 11) is 0. The predicted molar refractivity (Wildman–Crippen MR) is 109 cm³/mol. The summed E-state index contributed by atoms with van der Waals surface area (Å²) < 4.78 is 2.01. The normalized spacial score (nSPS) is 15.0. The molecule has 1 amide bonds. The van der Waals surface area contributed by atoms with Crippen LogP contribution in [0.15, 0.2) is 36.4 Å². The quantitative estimate of drug-likeness (QED) is 0.655. The van der Waals surface area contributed by atoms with E-state index in [0.29, 0.717) is 5.69 Å². The Labute approximate surface area is 162 Å². The number of unbranched alkanes of at least 4 members (excludes halogenated alkanes) is 4. The zero-order valence-electron chi connectivity index (χ0n) is 16.5. The topological polar surface area (TPSA) is 50.2 Å². The fourth-order valence-electron chi connectivity index (χ4n) is 3.61. The second-order valence-electron chi connectivity index (χ2n) is 7.41. The molecule has 27 heavy (non-hydrogen) atoms. The molecule has 1 N–H and O–H groups in total. The minimum absolute atomic E-state index is 0.0983. The third kappa shape index (κ3) is 5.67. The molecule has 0 radical (unpaired) electrons. The first-order valence-corrected chi connectivity index (χ1v) is 10.5. The summed E-state index contributed by atoms with van der Waals surface area (Å²) in [4.78, 5) is 12.7. The molecule has 0 saturated carbocycles. The van der Waals surface area contributed by atoms with Crippen molar-refractivity contribution < 1.29 is 4.79 Å². The first-order chi connectivity index (χ1) is 13.3. The number of rotatable bonds is 9. The molecule has 1 aliphatic heterocycles. The molecule has 0 aliphatic carbocycles. The van der Waals surface area contributed by atoms with Gasteiger partial charge in [0.25, 0.3) is 5.91 Å². The molecule has 1 aromatic carbocycles. The van der Waals surface area contributed by atoms with E-state index in [-0.39, 0.29) is 5.91 Å². The second-order valence-corrected chi connectivity index (χ2v) is 7.41. The van der Waals surface area contributed by atoms with Gasteiger partial charge in [-0.05, 0) is 30.9 Å². The number of hydrogen-bond donors (Lipinski definition) is 1. The summed E-state index contributed by atoms with van der Waals surface area (Å²) >= 11 is 0. The monoisotopic (exact) mass is 368 g/mol. The van der Waals surface area contributed by atoms with Crippen LogP contribution in [0.4, 0.5) is 0 Å². The van der Waals surface area contributed by atoms with Gasteiger partial charge >= 0.3 is 0 Å². The Morgan fingerprint density at radius 2 is 1.78 bits per heavy atom. The van der Waals surface area contributed by atoms with Gasteiger partial charge in [-0.1, -0.05) is 69.4 Å². The lowest BCUT2D eigenvalue weighted by molar-refractivity contribution is 0.0744. The van der Waals surface area contributed by atoms with Crippen LogP contribution in [-0.4, -0.2) is 33.8 Å². The van der Waals surface area contributed by atoms with Gasteiger partial charge in [0.2, 0.25) is 0 Å². The Balaban J connectivity index is 1.71. The summed E-state index contributed by atoms with van der Waals surface area (Å²) in [6, 6.07) is 12.2. The third-order valence-corrected chi connectivity index (χ3v) is 5.17. The Bertz CT molecular complexity index is 704. The van der Waals surface area contributed by atoms with Crippen LogP contribution in [-0.2, 0) is 6.54 Å². The molecule has 0 unspecified atom stereocenters. The van der Waals surface area contributed by atoms with Gasteiger partial charge in [0.05, 0.1) is 5.69 Å². The summed E-state index contributed by atoms with van der Waals surface area (Å²) in [6.45, 7) is 4.93. The molecule has 0 bridgehead atoms. The lowest BCUT2D eigenvalue weighted by Gasteiger charge is -2.26. The Kier molecular flexibility index (Phi) is 7.45. The van der Waals surface area contributed by atoms with Gasteiger partial charge in [-0.3, -0.25) is 14.9 Å². The van der Waals surface area contributed by atoms with Crippen molar-refractivity contribution in [2.24, 2.45) is 0 Å². The highest BCUT2D eigenvalue weighted by Crippen LogP contribution is 2.21. The van der Waals surface area contributed by atoms with Crippen LogP contribution < -0.4 is 5.43 Å². The maximum Gasteiger partial charge on any atom is 0.286 e. The van der Waals surface area contributed by atoms with E-state index < -0.39 is 0 Å². The molecule has 5 heteroatoms. The molecule has 1 fully saturated rings. The van der Waals surface area contributed by atoms with Crippen LogP contribution in [0.5, 0.6) is 0 Å². The Morgan fingerprint density at radius 3 is 2.52 bits per heavy atom. The summed E-state index contributed by atoms with van der Waals surface area (Å²) in [6.07, 6.45) is 9.62. The molecule has 2 heterocycles. The number of aromatic nitrogens is 2. The number of carbonyl (C=O) groups excluding carboxylic acids is 1. The molecule has 1 aromatic heterocycles. The van der Waals surface area contributed by atoms with E-state index in [1.807, 2.05) is 34.0 Å². The van der Waals surface area contributed by atoms with Crippen LogP contribution in [0.25, 0.3) is 11.3 Å². The number of piperidine rings is 1. The van der Waals surface area contributed by atoms with E-state index >= 15 is 0 Å². The van der Waals surface area contributed by atoms with Crippen molar-refractivity contribution in [3.8, 4) is 11.3 Å². The number of benzene rings is 1. The molecule has 0 spiro atoms. The van der Waals surface area contributed by atoms with Crippen molar-refractivity contribution >= 4 is 5.91 Å². The average Bonchev–Trinajstić information content (AvgIpc) is 3.14. The Morgan fingerprint density at radius 1 is 1.04 bits per heavy atom. The highest BCUT2D eigenvalue weighted by atomic mass is 16.2. The van der Waals surface area contributed by atoms with Gasteiger partial charge in [0, 0.05) is 19.6 Å². The van der Waals surface area contributed by atoms with Gasteiger partial charge in [-0.25, -0.2) is 5.01 Å². The first-order valence-electron chi connectivity index (χ1n) is 10.5. The van der Waals surface area contributed by atoms with E-state index in [4.69, 9.17) is 0 Å². The van der Waals surface area contributed by atoms with Crippen molar-refractivity contribution in [1.29, 1.82) is 0 Å².